The molecule has 0 aliphatic carbocycles. The Hall–Kier alpha value is -1.35. The van der Waals surface area contributed by atoms with Crippen molar-refractivity contribution in [1.29, 1.82) is 0 Å². The van der Waals surface area contributed by atoms with Crippen molar-refractivity contribution in [2.24, 2.45) is 5.73 Å². The van der Waals surface area contributed by atoms with Crippen LogP contribution in [0.1, 0.15) is 18.0 Å². The zero-order valence-electron chi connectivity index (χ0n) is 10.1. The highest BCUT2D eigenvalue weighted by atomic mass is 35.5. The van der Waals surface area contributed by atoms with Gasteiger partial charge in [0.05, 0.1) is 0 Å². The van der Waals surface area contributed by atoms with Gasteiger partial charge in [0.1, 0.15) is 0 Å². The van der Waals surface area contributed by atoms with Crippen molar-refractivity contribution in [2.45, 2.75) is 12.5 Å². The van der Waals surface area contributed by atoms with Crippen molar-refractivity contribution in [3.05, 3.63) is 60.2 Å². The summed E-state index contributed by atoms with van der Waals surface area (Å²) in [6.07, 6.45) is 0.595. The number of benzene rings is 2. The number of rotatable bonds is 4. The first kappa shape index (κ1) is 14.7. The highest BCUT2D eigenvalue weighted by molar-refractivity contribution is 5.85. The van der Waals surface area contributed by atoms with Gasteiger partial charge in [-0.15, -0.1) is 12.4 Å². The molecule has 96 valence electrons. The second-order valence-corrected chi connectivity index (χ2v) is 4.11. The van der Waals surface area contributed by atoms with Crippen LogP contribution in [-0.2, 0) is 0 Å². The number of hydrogen-bond acceptors (Lipinski definition) is 2. The lowest BCUT2D eigenvalue weighted by Crippen LogP contribution is -2.11. The fourth-order valence-electron chi connectivity index (χ4n) is 1.89. The molecule has 0 amide bonds. The smallest absolute Gasteiger partial charge is 0.0449 e. The largest absolute Gasteiger partial charge is 0.396 e. The summed E-state index contributed by atoms with van der Waals surface area (Å²) in [6, 6.07) is 18.3. The first-order chi connectivity index (χ1) is 8.31. The van der Waals surface area contributed by atoms with Crippen LogP contribution in [0.15, 0.2) is 54.6 Å². The molecule has 0 aromatic heterocycles. The van der Waals surface area contributed by atoms with Gasteiger partial charge in [-0.05, 0) is 29.2 Å². The number of aliphatic hydroxyl groups is 1. The molecule has 1 atom stereocenters. The van der Waals surface area contributed by atoms with E-state index in [2.05, 4.69) is 24.3 Å². The van der Waals surface area contributed by atoms with E-state index in [9.17, 15) is 0 Å². The van der Waals surface area contributed by atoms with E-state index >= 15 is 0 Å². The van der Waals surface area contributed by atoms with Gasteiger partial charge in [0, 0.05) is 12.6 Å². The Morgan fingerprint density at radius 2 is 1.61 bits per heavy atom. The van der Waals surface area contributed by atoms with E-state index < -0.39 is 0 Å². The van der Waals surface area contributed by atoms with E-state index in [-0.39, 0.29) is 25.1 Å². The predicted octanol–water partition coefficient (Wildman–Crippen LogP) is 3.16. The fourth-order valence-corrected chi connectivity index (χ4v) is 1.89. The average molecular weight is 264 g/mol. The molecule has 2 aromatic rings. The average Bonchev–Trinajstić information content (AvgIpc) is 2.40. The van der Waals surface area contributed by atoms with Gasteiger partial charge in [0.25, 0.3) is 0 Å². The van der Waals surface area contributed by atoms with Crippen LogP contribution in [0.4, 0.5) is 0 Å². The molecule has 0 unspecified atom stereocenters. The second-order valence-electron chi connectivity index (χ2n) is 4.11. The molecular weight excluding hydrogens is 246 g/mol. The number of aliphatic hydroxyl groups excluding tert-OH is 1. The molecule has 0 aliphatic heterocycles. The van der Waals surface area contributed by atoms with Crippen LogP contribution in [0.2, 0.25) is 0 Å². The molecule has 0 bridgehead atoms. The van der Waals surface area contributed by atoms with Gasteiger partial charge in [-0.3, -0.25) is 0 Å². The summed E-state index contributed by atoms with van der Waals surface area (Å²) in [7, 11) is 0. The van der Waals surface area contributed by atoms with E-state index in [1.165, 1.54) is 5.56 Å². The molecule has 0 aliphatic rings. The Balaban J connectivity index is 0.00000162. The summed E-state index contributed by atoms with van der Waals surface area (Å²) in [5.74, 6) is 0. The van der Waals surface area contributed by atoms with Gasteiger partial charge < -0.3 is 10.8 Å². The molecule has 18 heavy (non-hydrogen) atoms. The highest BCUT2D eigenvalue weighted by Crippen LogP contribution is 2.23. The van der Waals surface area contributed by atoms with Crippen LogP contribution in [0.5, 0.6) is 0 Å². The first-order valence-electron chi connectivity index (χ1n) is 5.83. The summed E-state index contributed by atoms with van der Waals surface area (Å²) in [6.45, 7) is 0.122. The summed E-state index contributed by atoms with van der Waals surface area (Å²) < 4.78 is 0. The zero-order chi connectivity index (χ0) is 12.1. The Labute approximate surface area is 114 Å². The van der Waals surface area contributed by atoms with E-state index in [0.717, 1.165) is 11.1 Å². The molecule has 0 radical (unpaired) electrons. The molecule has 2 rings (SSSR count). The van der Waals surface area contributed by atoms with Crippen molar-refractivity contribution in [3.8, 4) is 11.1 Å². The molecule has 0 heterocycles. The monoisotopic (exact) mass is 263 g/mol. The minimum Gasteiger partial charge on any atom is -0.396 e. The molecule has 0 saturated heterocycles. The maximum Gasteiger partial charge on any atom is 0.0449 e. The van der Waals surface area contributed by atoms with Crippen molar-refractivity contribution in [1.82, 2.24) is 0 Å². The molecular formula is C15H18ClNO. The van der Waals surface area contributed by atoms with Crippen molar-refractivity contribution in [2.75, 3.05) is 6.61 Å². The standard InChI is InChI=1S/C15H17NO.ClH/c16-15(9-10-17)14-8-4-7-13(11-14)12-5-2-1-3-6-12;/h1-8,11,15,17H,9-10,16H2;1H/t15-;/m1./s1. The SMILES string of the molecule is Cl.N[C@H](CCO)c1cccc(-c2ccccc2)c1. The Bertz CT molecular complexity index is 473. The second kappa shape index (κ2) is 7.17. The van der Waals surface area contributed by atoms with Crippen LogP contribution < -0.4 is 5.73 Å². The fraction of sp³-hybridized carbons (Fsp3) is 0.200. The minimum atomic E-state index is -0.0938. The van der Waals surface area contributed by atoms with Crippen LogP contribution in [0.25, 0.3) is 11.1 Å². The Morgan fingerprint density at radius 3 is 2.28 bits per heavy atom. The third kappa shape index (κ3) is 3.57. The minimum absolute atomic E-state index is 0. The molecule has 3 N–H and O–H groups in total. The lowest BCUT2D eigenvalue weighted by Gasteiger charge is -2.12. The Kier molecular flexibility index (Phi) is 5.86. The van der Waals surface area contributed by atoms with E-state index in [1.807, 2.05) is 30.3 Å². The lowest BCUT2D eigenvalue weighted by atomic mass is 9.99. The van der Waals surface area contributed by atoms with Gasteiger partial charge in [-0.1, -0.05) is 48.5 Å². The predicted molar refractivity (Wildman–Crippen MR) is 77.8 cm³/mol. The molecule has 0 fully saturated rings. The van der Waals surface area contributed by atoms with Crippen LogP contribution in [-0.4, -0.2) is 11.7 Å². The third-order valence-corrected chi connectivity index (χ3v) is 2.86. The zero-order valence-corrected chi connectivity index (χ0v) is 10.9. The van der Waals surface area contributed by atoms with E-state index in [0.29, 0.717) is 6.42 Å². The van der Waals surface area contributed by atoms with Crippen molar-refractivity contribution >= 4 is 12.4 Å². The molecule has 0 saturated carbocycles. The van der Waals surface area contributed by atoms with Gasteiger partial charge in [0.2, 0.25) is 0 Å². The number of halogens is 1. The van der Waals surface area contributed by atoms with Crippen molar-refractivity contribution < 1.29 is 5.11 Å². The Morgan fingerprint density at radius 1 is 0.944 bits per heavy atom. The molecule has 2 nitrogen and oxygen atoms in total. The topological polar surface area (TPSA) is 46.2 Å². The number of hydrogen-bond donors (Lipinski definition) is 2. The molecule has 0 spiro atoms. The lowest BCUT2D eigenvalue weighted by molar-refractivity contribution is 0.276. The van der Waals surface area contributed by atoms with Crippen LogP contribution in [0, 0.1) is 0 Å². The van der Waals surface area contributed by atoms with Gasteiger partial charge in [0.15, 0.2) is 0 Å². The normalized spacial score (nSPS) is 11.7. The quantitative estimate of drug-likeness (QED) is 0.890. The summed E-state index contributed by atoms with van der Waals surface area (Å²) >= 11 is 0. The van der Waals surface area contributed by atoms with Crippen molar-refractivity contribution in [3.63, 3.8) is 0 Å². The van der Waals surface area contributed by atoms with Gasteiger partial charge >= 0.3 is 0 Å². The maximum absolute atomic E-state index is 8.90. The van der Waals surface area contributed by atoms with E-state index in [4.69, 9.17) is 10.8 Å². The first-order valence-corrected chi connectivity index (χ1v) is 5.83. The van der Waals surface area contributed by atoms with E-state index in [1.54, 1.807) is 0 Å². The highest BCUT2D eigenvalue weighted by Gasteiger charge is 2.06. The van der Waals surface area contributed by atoms with Crippen LogP contribution >= 0.6 is 12.4 Å². The summed E-state index contributed by atoms with van der Waals surface area (Å²) in [4.78, 5) is 0. The number of nitrogens with two attached hydrogens (primary N) is 1. The third-order valence-electron chi connectivity index (χ3n) is 2.86. The van der Waals surface area contributed by atoms with Gasteiger partial charge in [-0.2, -0.15) is 0 Å². The molecule has 2 aromatic carbocycles. The van der Waals surface area contributed by atoms with Crippen LogP contribution in [0.3, 0.4) is 0 Å². The summed E-state index contributed by atoms with van der Waals surface area (Å²) in [5.41, 5.74) is 9.41. The van der Waals surface area contributed by atoms with Gasteiger partial charge in [-0.25, -0.2) is 0 Å². The summed E-state index contributed by atoms with van der Waals surface area (Å²) in [5, 5.41) is 8.90. The maximum atomic E-state index is 8.90. The molecule has 3 heteroatoms.